The maximum Gasteiger partial charge on any atom is 0.0716 e. The Bertz CT molecular complexity index is 2680. The van der Waals surface area contributed by atoms with E-state index in [-0.39, 0.29) is 0 Å². The molecule has 244 valence electrons. The van der Waals surface area contributed by atoms with E-state index in [1.165, 1.54) is 33.4 Å². The molecule has 0 fully saturated rings. The second kappa shape index (κ2) is 13.8. The predicted molar refractivity (Wildman–Crippen MR) is 218 cm³/mol. The minimum atomic E-state index is 0.933. The molecule has 2 heteroatoms. The topological polar surface area (TPSA) is 25.8 Å². The van der Waals surface area contributed by atoms with Gasteiger partial charge in [0.15, 0.2) is 0 Å². The second-order valence-corrected chi connectivity index (χ2v) is 13.1. The lowest BCUT2D eigenvalue weighted by atomic mass is 9.94. The zero-order chi connectivity index (χ0) is 34.7. The number of aromatic nitrogens is 2. The number of para-hydroxylation sites is 1. The molecule has 0 aliphatic rings. The van der Waals surface area contributed by atoms with Crippen molar-refractivity contribution in [3.8, 4) is 78.0 Å². The highest BCUT2D eigenvalue weighted by atomic mass is 14.7. The van der Waals surface area contributed by atoms with Crippen molar-refractivity contribution in [2.45, 2.75) is 0 Å². The third kappa shape index (κ3) is 6.30. The van der Waals surface area contributed by atoms with E-state index in [9.17, 15) is 0 Å². The second-order valence-electron chi connectivity index (χ2n) is 13.1. The van der Waals surface area contributed by atoms with Crippen LogP contribution >= 0.6 is 0 Å². The van der Waals surface area contributed by atoms with Gasteiger partial charge in [-0.25, -0.2) is 4.98 Å². The summed E-state index contributed by atoms with van der Waals surface area (Å²) in [5.74, 6) is 0. The van der Waals surface area contributed by atoms with Crippen molar-refractivity contribution >= 4 is 10.9 Å². The van der Waals surface area contributed by atoms with E-state index in [0.29, 0.717) is 0 Å². The van der Waals surface area contributed by atoms with Crippen LogP contribution < -0.4 is 0 Å². The van der Waals surface area contributed by atoms with Crippen LogP contribution in [0.15, 0.2) is 207 Å². The highest BCUT2D eigenvalue weighted by Gasteiger charge is 2.13. The van der Waals surface area contributed by atoms with Crippen molar-refractivity contribution in [2.75, 3.05) is 0 Å². The van der Waals surface area contributed by atoms with Gasteiger partial charge >= 0.3 is 0 Å². The van der Waals surface area contributed by atoms with Gasteiger partial charge < -0.3 is 0 Å². The zero-order valence-electron chi connectivity index (χ0n) is 28.5. The quantitative estimate of drug-likeness (QED) is 0.170. The van der Waals surface area contributed by atoms with Gasteiger partial charge in [-0.05, 0) is 98.1 Å². The summed E-state index contributed by atoms with van der Waals surface area (Å²) in [6.07, 6.45) is 3.88. The summed E-state index contributed by atoms with van der Waals surface area (Å²) in [5, 5.41) is 1.11. The summed E-state index contributed by atoms with van der Waals surface area (Å²) in [6, 6.07) is 69.0. The van der Waals surface area contributed by atoms with Crippen LogP contribution in [-0.2, 0) is 0 Å². The van der Waals surface area contributed by atoms with Crippen LogP contribution in [0.1, 0.15) is 0 Å². The maximum atomic E-state index is 5.16. The van der Waals surface area contributed by atoms with Crippen LogP contribution in [0.25, 0.3) is 88.9 Å². The Balaban J connectivity index is 1.06. The first-order valence-corrected chi connectivity index (χ1v) is 17.6. The maximum absolute atomic E-state index is 5.16. The van der Waals surface area contributed by atoms with E-state index in [0.717, 1.165) is 55.5 Å². The highest BCUT2D eigenvalue weighted by molar-refractivity contribution is 5.97. The fraction of sp³-hybridized carbons (Fsp3) is 0. The first-order valence-electron chi connectivity index (χ1n) is 17.6. The summed E-state index contributed by atoms with van der Waals surface area (Å²) >= 11 is 0. The van der Waals surface area contributed by atoms with Crippen molar-refractivity contribution < 1.29 is 0 Å². The van der Waals surface area contributed by atoms with Crippen LogP contribution in [0.5, 0.6) is 0 Å². The van der Waals surface area contributed by atoms with Gasteiger partial charge in [-0.15, -0.1) is 0 Å². The first-order chi connectivity index (χ1) is 25.7. The molecule has 0 atom stereocenters. The van der Waals surface area contributed by atoms with Gasteiger partial charge in [-0.2, -0.15) is 0 Å². The van der Waals surface area contributed by atoms with Crippen LogP contribution in [-0.4, -0.2) is 9.97 Å². The number of rotatable bonds is 7. The summed E-state index contributed by atoms with van der Waals surface area (Å²) in [4.78, 5) is 9.81. The Morgan fingerprint density at radius 3 is 1.21 bits per heavy atom. The lowest BCUT2D eigenvalue weighted by molar-refractivity contribution is 1.32. The van der Waals surface area contributed by atoms with Crippen molar-refractivity contribution in [1.82, 2.24) is 9.97 Å². The molecule has 0 aliphatic heterocycles. The normalized spacial score (nSPS) is 11.1. The largest absolute Gasteiger partial charge is 0.263 e. The molecule has 9 rings (SSSR count). The van der Waals surface area contributed by atoms with E-state index in [2.05, 4.69) is 193 Å². The van der Waals surface area contributed by atoms with Crippen LogP contribution in [0.4, 0.5) is 0 Å². The summed E-state index contributed by atoms with van der Waals surface area (Å²) in [5.41, 5.74) is 16.9. The van der Waals surface area contributed by atoms with Gasteiger partial charge in [0.05, 0.1) is 11.2 Å². The molecule has 2 aromatic heterocycles. The molecular weight excluding hydrogens is 629 g/mol. The third-order valence-corrected chi connectivity index (χ3v) is 9.73. The number of hydrogen-bond acceptors (Lipinski definition) is 2. The van der Waals surface area contributed by atoms with Gasteiger partial charge in [0, 0.05) is 34.5 Å². The van der Waals surface area contributed by atoms with Gasteiger partial charge in [-0.3, -0.25) is 4.98 Å². The molecule has 0 unspecified atom stereocenters. The number of benzene rings is 7. The molecule has 0 saturated carbocycles. The SMILES string of the molecule is c1ccc(-c2cccc(-c3cccc(-c4cccc(-c5cccc(-c6cc(-c7cncc(-c8ccccc8)c7)c7ccccc7n6)c5)c4)c3)c2)cc1. The van der Waals surface area contributed by atoms with E-state index in [1.54, 1.807) is 0 Å². The van der Waals surface area contributed by atoms with E-state index in [1.807, 2.05) is 18.5 Å². The van der Waals surface area contributed by atoms with Crippen LogP contribution in [0.3, 0.4) is 0 Å². The molecule has 0 N–H and O–H groups in total. The standard InChI is InChI=1S/C50H34N2/c1-3-13-35(14-4-1)37-17-9-18-38(27-37)39-19-10-20-40(28-39)41-21-11-22-42(29-41)43-23-12-24-44(30-43)50-32-48(47-25-7-8-26-49(47)52-50)46-31-45(33-51-34-46)36-15-5-2-6-16-36/h1-34H. The first kappa shape index (κ1) is 31.1. The lowest BCUT2D eigenvalue weighted by Crippen LogP contribution is -1.91. The number of fused-ring (bicyclic) bond motifs is 1. The van der Waals surface area contributed by atoms with Crippen molar-refractivity contribution in [3.63, 3.8) is 0 Å². The highest BCUT2D eigenvalue weighted by Crippen LogP contribution is 2.36. The van der Waals surface area contributed by atoms with E-state index >= 15 is 0 Å². The van der Waals surface area contributed by atoms with Crippen molar-refractivity contribution in [1.29, 1.82) is 0 Å². The molecule has 7 aromatic carbocycles. The lowest BCUT2D eigenvalue weighted by Gasteiger charge is -2.13. The predicted octanol–water partition coefficient (Wildman–Crippen LogP) is 13.3. The Hall–Kier alpha value is -6.90. The summed E-state index contributed by atoms with van der Waals surface area (Å²) in [6.45, 7) is 0. The summed E-state index contributed by atoms with van der Waals surface area (Å²) < 4.78 is 0. The number of nitrogens with zero attached hydrogens (tertiary/aromatic N) is 2. The molecule has 0 saturated heterocycles. The molecule has 0 spiro atoms. The van der Waals surface area contributed by atoms with Crippen molar-refractivity contribution in [3.05, 3.63) is 207 Å². The molecule has 9 aromatic rings. The van der Waals surface area contributed by atoms with Crippen molar-refractivity contribution in [2.24, 2.45) is 0 Å². The Kier molecular flexibility index (Phi) is 8.24. The monoisotopic (exact) mass is 662 g/mol. The molecule has 0 radical (unpaired) electrons. The average molecular weight is 663 g/mol. The fourth-order valence-corrected chi connectivity index (χ4v) is 7.06. The average Bonchev–Trinajstić information content (AvgIpc) is 3.24. The number of pyridine rings is 2. The van der Waals surface area contributed by atoms with Gasteiger partial charge in [0.25, 0.3) is 0 Å². The minimum absolute atomic E-state index is 0.933. The summed E-state index contributed by atoms with van der Waals surface area (Å²) in [7, 11) is 0. The zero-order valence-corrected chi connectivity index (χ0v) is 28.5. The molecular formula is C50H34N2. The smallest absolute Gasteiger partial charge is 0.0716 e. The van der Waals surface area contributed by atoms with Gasteiger partial charge in [0.1, 0.15) is 0 Å². The molecule has 0 amide bonds. The van der Waals surface area contributed by atoms with Gasteiger partial charge in [0.2, 0.25) is 0 Å². The Morgan fingerprint density at radius 1 is 0.269 bits per heavy atom. The van der Waals surface area contributed by atoms with Gasteiger partial charge in [-0.1, -0.05) is 152 Å². The molecule has 2 heterocycles. The fourth-order valence-electron chi connectivity index (χ4n) is 7.06. The Labute approximate surface area is 304 Å². The van der Waals surface area contributed by atoms with E-state index in [4.69, 9.17) is 4.98 Å². The van der Waals surface area contributed by atoms with Crippen LogP contribution in [0, 0.1) is 0 Å². The van der Waals surface area contributed by atoms with Crippen LogP contribution in [0.2, 0.25) is 0 Å². The minimum Gasteiger partial charge on any atom is -0.263 e. The molecule has 0 bridgehead atoms. The number of hydrogen-bond donors (Lipinski definition) is 0. The third-order valence-electron chi connectivity index (χ3n) is 9.73. The molecule has 0 aliphatic carbocycles. The molecule has 52 heavy (non-hydrogen) atoms. The molecule has 2 nitrogen and oxygen atoms in total. The van der Waals surface area contributed by atoms with E-state index < -0.39 is 0 Å². The Morgan fingerprint density at radius 2 is 0.654 bits per heavy atom.